The quantitative estimate of drug-likeness (QED) is 0.687. The zero-order valence-electron chi connectivity index (χ0n) is 9.95. The number of halogens is 1. The predicted octanol–water partition coefficient (Wildman–Crippen LogP) is 3.55. The first-order valence-electron chi connectivity index (χ1n) is 5.42. The molecule has 1 heterocycles. The van der Waals surface area contributed by atoms with Gasteiger partial charge >= 0.3 is 5.97 Å². The normalized spacial score (nSPS) is 10.8. The number of benzene rings is 1. The van der Waals surface area contributed by atoms with E-state index in [0.29, 0.717) is 17.1 Å². The van der Waals surface area contributed by atoms with Crippen molar-refractivity contribution >= 4 is 23.6 Å². The summed E-state index contributed by atoms with van der Waals surface area (Å²) in [5, 5.41) is 19.2. The van der Waals surface area contributed by atoms with Crippen LogP contribution in [0.4, 0.5) is 0 Å². The van der Waals surface area contributed by atoms with Crippen LogP contribution in [-0.4, -0.2) is 16.0 Å². The first-order valence-corrected chi connectivity index (χ1v) is 5.80. The van der Waals surface area contributed by atoms with Crippen LogP contribution in [-0.2, 0) is 0 Å². The van der Waals surface area contributed by atoms with Gasteiger partial charge in [-0.25, -0.2) is 4.79 Å². The second kappa shape index (κ2) is 5.58. The van der Waals surface area contributed by atoms with Crippen LogP contribution in [0.2, 0.25) is 5.02 Å². The Kier molecular flexibility index (Phi) is 3.86. The maximum absolute atomic E-state index is 10.8. The van der Waals surface area contributed by atoms with Crippen molar-refractivity contribution < 1.29 is 19.2 Å². The summed E-state index contributed by atoms with van der Waals surface area (Å²) in [6, 6.07) is 7.56. The fourth-order valence-corrected chi connectivity index (χ4v) is 1.84. The standard InChI is InChI=1S/C13H8ClNO5/c14-11-7-8(1-3-10(11)13(16)17)12-4-2-9(20-12)5-6-15(18)19/h1-7H,(H,16,17)/b6-5-. The smallest absolute Gasteiger partial charge is 0.337 e. The zero-order valence-corrected chi connectivity index (χ0v) is 10.7. The van der Waals surface area contributed by atoms with Gasteiger partial charge in [-0.15, -0.1) is 0 Å². The molecule has 0 aliphatic rings. The fourth-order valence-electron chi connectivity index (χ4n) is 1.57. The molecule has 1 aromatic heterocycles. The van der Waals surface area contributed by atoms with Crippen LogP contribution in [0.5, 0.6) is 0 Å². The summed E-state index contributed by atoms with van der Waals surface area (Å²) in [6.07, 6.45) is 1.99. The minimum atomic E-state index is -1.12. The number of furan rings is 1. The lowest BCUT2D eigenvalue weighted by Gasteiger charge is -2.01. The number of nitro groups is 1. The summed E-state index contributed by atoms with van der Waals surface area (Å²) >= 11 is 5.86. The summed E-state index contributed by atoms with van der Waals surface area (Å²) < 4.78 is 5.38. The Bertz CT molecular complexity index is 705. The minimum Gasteiger partial charge on any atom is -0.478 e. The molecule has 0 bridgehead atoms. The molecule has 0 aliphatic carbocycles. The molecule has 20 heavy (non-hydrogen) atoms. The molecular formula is C13H8ClNO5. The Morgan fingerprint density at radius 2 is 2.10 bits per heavy atom. The van der Waals surface area contributed by atoms with Gasteiger partial charge in [-0.05, 0) is 24.3 Å². The number of carbonyl (C=O) groups is 1. The SMILES string of the molecule is O=C(O)c1ccc(-c2ccc(/C=C\[N+](=O)[O-])o2)cc1Cl. The van der Waals surface area contributed by atoms with Crippen molar-refractivity contribution in [2.24, 2.45) is 0 Å². The highest BCUT2D eigenvalue weighted by Crippen LogP contribution is 2.27. The highest BCUT2D eigenvalue weighted by molar-refractivity contribution is 6.33. The van der Waals surface area contributed by atoms with Crippen LogP contribution in [0.1, 0.15) is 16.1 Å². The maximum Gasteiger partial charge on any atom is 0.337 e. The molecule has 2 rings (SSSR count). The first-order chi connectivity index (χ1) is 9.47. The van der Waals surface area contributed by atoms with Gasteiger partial charge < -0.3 is 9.52 Å². The van der Waals surface area contributed by atoms with E-state index >= 15 is 0 Å². The molecule has 2 aromatic rings. The second-order valence-corrected chi connectivity index (χ2v) is 4.21. The predicted molar refractivity (Wildman–Crippen MR) is 72.1 cm³/mol. The van der Waals surface area contributed by atoms with Crippen molar-refractivity contribution in [2.45, 2.75) is 0 Å². The minimum absolute atomic E-state index is 0.00422. The molecule has 1 N–H and O–H groups in total. The zero-order chi connectivity index (χ0) is 14.7. The van der Waals surface area contributed by atoms with E-state index in [9.17, 15) is 14.9 Å². The number of carboxylic acid groups (broad SMARTS) is 1. The van der Waals surface area contributed by atoms with Crippen molar-refractivity contribution in [1.29, 1.82) is 0 Å². The van der Waals surface area contributed by atoms with Gasteiger partial charge in [0.05, 0.1) is 21.6 Å². The summed E-state index contributed by atoms with van der Waals surface area (Å²) in [7, 11) is 0. The average molecular weight is 294 g/mol. The molecule has 7 heteroatoms. The van der Waals surface area contributed by atoms with Gasteiger partial charge in [0.1, 0.15) is 11.5 Å². The van der Waals surface area contributed by atoms with E-state index in [1.165, 1.54) is 18.2 Å². The Morgan fingerprint density at radius 1 is 1.35 bits per heavy atom. The van der Waals surface area contributed by atoms with Crippen LogP contribution in [0, 0.1) is 10.1 Å². The third kappa shape index (κ3) is 3.04. The molecule has 0 saturated carbocycles. The largest absolute Gasteiger partial charge is 0.478 e. The molecule has 6 nitrogen and oxygen atoms in total. The molecule has 0 spiro atoms. The number of nitrogens with zero attached hydrogens (tertiary/aromatic N) is 1. The maximum atomic E-state index is 10.8. The Hall–Kier alpha value is -2.60. The topological polar surface area (TPSA) is 93.6 Å². The van der Waals surface area contributed by atoms with Gasteiger partial charge in [0, 0.05) is 5.56 Å². The molecule has 1 aromatic carbocycles. The third-order valence-corrected chi connectivity index (χ3v) is 2.78. The molecule has 0 fully saturated rings. The molecule has 0 saturated heterocycles. The van der Waals surface area contributed by atoms with Crippen molar-refractivity contribution in [3.63, 3.8) is 0 Å². The van der Waals surface area contributed by atoms with E-state index < -0.39 is 10.9 Å². The third-order valence-electron chi connectivity index (χ3n) is 2.47. The molecular weight excluding hydrogens is 286 g/mol. The summed E-state index contributed by atoms with van der Waals surface area (Å²) in [5.41, 5.74) is 0.580. The number of aromatic carboxylic acids is 1. The van der Waals surface area contributed by atoms with Crippen molar-refractivity contribution in [2.75, 3.05) is 0 Å². The van der Waals surface area contributed by atoms with E-state index in [1.54, 1.807) is 18.2 Å². The van der Waals surface area contributed by atoms with Crippen LogP contribution in [0.15, 0.2) is 40.9 Å². The molecule has 0 aliphatic heterocycles. The monoisotopic (exact) mass is 293 g/mol. The summed E-state index contributed by atoms with van der Waals surface area (Å²) in [5.74, 6) is -0.363. The molecule has 0 unspecified atom stereocenters. The van der Waals surface area contributed by atoms with Crippen molar-refractivity contribution in [3.8, 4) is 11.3 Å². The van der Waals surface area contributed by atoms with E-state index in [0.717, 1.165) is 6.20 Å². The van der Waals surface area contributed by atoms with Crippen LogP contribution >= 0.6 is 11.6 Å². The van der Waals surface area contributed by atoms with Gasteiger partial charge in [0.2, 0.25) is 6.20 Å². The Labute approximate surface area is 118 Å². The highest BCUT2D eigenvalue weighted by atomic mass is 35.5. The lowest BCUT2D eigenvalue weighted by atomic mass is 10.1. The van der Waals surface area contributed by atoms with Gasteiger partial charge in [-0.1, -0.05) is 17.7 Å². The van der Waals surface area contributed by atoms with Gasteiger partial charge in [0.15, 0.2) is 0 Å². The van der Waals surface area contributed by atoms with E-state index in [1.807, 2.05) is 0 Å². The van der Waals surface area contributed by atoms with E-state index in [-0.39, 0.29) is 10.6 Å². The Balaban J connectivity index is 2.31. The van der Waals surface area contributed by atoms with Crippen molar-refractivity contribution in [3.05, 3.63) is 63.0 Å². The molecule has 0 radical (unpaired) electrons. The van der Waals surface area contributed by atoms with E-state index in [4.69, 9.17) is 21.1 Å². The summed E-state index contributed by atoms with van der Waals surface area (Å²) in [4.78, 5) is 20.4. The molecule has 0 amide bonds. The van der Waals surface area contributed by atoms with Crippen LogP contribution in [0.25, 0.3) is 17.4 Å². The fraction of sp³-hybridized carbons (Fsp3) is 0. The number of hydrogen-bond acceptors (Lipinski definition) is 4. The van der Waals surface area contributed by atoms with Gasteiger partial charge in [-0.2, -0.15) is 0 Å². The van der Waals surface area contributed by atoms with Gasteiger partial charge in [-0.3, -0.25) is 10.1 Å². The molecule has 0 atom stereocenters. The Morgan fingerprint density at radius 3 is 2.70 bits per heavy atom. The summed E-state index contributed by atoms with van der Waals surface area (Å²) in [6.45, 7) is 0. The average Bonchev–Trinajstić information content (AvgIpc) is 2.84. The van der Waals surface area contributed by atoms with Crippen LogP contribution in [0.3, 0.4) is 0 Å². The van der Waals surface area contributed by atoms with Crippen molar-refractivity contribution in [1.82, 2.24) is 0 Å². The van der Waals surface area contributed by atoms with Crippen LogP contribution < -0.4 is 0 Å². The lowest BCUT2D eigenvalue weighted by Crippen LogP contribution is -1.96. The second-order valence-electron chi connectivity index (χ2n) is 3.80. The number of rotatable bonds is 4. The van der Waals surface area contributed by atoms with E-state index in [2.05, 4.69) is 0 Å². The lowest BCUT2D eigenvalue weighted by molar-refractivity contribution is -0.401. The first kappa shape index (κ1) is 13.8. The molecule has 102 valence electrons. The highest BCUT2D eigenvalue weighted by Gasteiger charge is 2.11. The van der Waals surface area contributed by atoms with Gasteiger partial charge in [0.25, 0.3) is 0 Å². The number of carboxylic acids is 1. The number of hydrogen-bond donors (Lipinski definition) is 1.